The minimum Gasteiger partial charge on any atom is -0.455 e. The number of esters is 1. The lowest BCUT2D eigenvalue weighted by molar-refractivity contribution is -0.152. The minimum absolute atomic E-state index is 0.0994. The Morgan fingerprint density at radius 3 is 2.00 bits per heavy atom. The monoisotopic (exact) mass is 144 g/mol. The molecule has 0 saturated carbocycles. The van der Waals surface area contributed by atoms with E-state index in [2.05, 4.69) is 4.74 Å². The third kappa shape index (κ3) is 3.22. The van der Waals surface area contributed by atoms with Crippen LogP contribution in [0.4, 0.5) is 0 Å². The number of carbonyl (C=O) groups is 2. The fourth-order valence-electron chi connectivity index (χ4n) is 0.654. The van der Waals surface area contributed by atoms with Crippen LogP contribution in [0.3, 0.4) is 0 Å². The van der Waals surface area contributed by atoms with Gasteiger partial charge in [-0.3, -0.25) is 9.59 Å². The summed E-state index contributed by atoms with van der Waals surface area (Å²) in [5, 5.41) is 0. The van der Waals surface area contributed by atoms with Gasteiger partial charge in [-0.15, -0.1) is 0 Å². The van der Waals surface area contributed by atoms with Crippen LogP contribution in [0.5, 0.6) is 0 Å². The van der Waals surface area contributed by atoms with E-state index in [0.29, 0.717) is 6.42 Å². The van der Waals surface area contributed by atoms with Crippen molar-refractivity contribution in [2.24, 2.45) is 0 Å². The van der Waals surface area contributed by atoms with Crippen molar-refractivity contribution in [3.05, 3.63) is 0 Å². The summed E-state index contributed by atoms with van der Waals surface area (Å²) in [5.41, 5.74) is 0. The quantitative estimate of drug-likeness (QED) is 0.553. The zero-order chi connectivity index (χ0) is 8.15. The van der Waals surface area contributed by atoms with Gasteiger partial charge in [0.25, 0.3) is 0 Å². The van der Waals surface area contributed by atoms with E-state index >= 15 is 0 Å². The summed E-state index contributed by atoms with van der Waals surface area (Å²) in [7, 11) is 0. The SMILES string of the molecule is CC[C@@H](OC(C)=O)C(C)=O. The lowest BCUT2D eigenvalue weighted by Gasteiger charge is -2.09. The summed E-state index contributed by atoms with van der Waals surface area (Å²) >= 11 is 0. The average Bonchev–Trinajstić information content (AvgIpc) is 1.81. The van der Waals surface area contributed by atoms with Gasteiger partial charge in [0, 0.05) is 6.92 Å². The molecule has 0 unspecified atom stereocenters. The average molecular weight is 144 g/mol. The normalized spacial score (nSPS) is 12.3. The molecule has 3 heteroatoms. The van der Waals surface area contributed by atoms with Crippen LogP contribution < -0.4 is 0 Å². The maximum atomic E-state index is 10.6. The largest absolute Gasteiger partial charge is 0.455 e. The summed E-state index contributed by atoms with van der Waals surface area (Å²) in [6.45, 7) is 4.51. The summed E-state index contributed by atoms with van der Waals surface area (Å²) in [6, 6.07) is 0. The molecule has 0 spiro atoms. The molecule has 0 radical (unpaired) electrons. The first kappa shape index (κ1) is 9.14. The van der Waals surface area contributed by atoms with Crippen LogP contribution in [-0.2, 0) is 14.3 Å². The van der Waals surface area contributed by atoms with Gasteiger partial charge < -0.3 is 4.74 Å². The van der Waals surface area contributed by atoms with Gasteiger partial charge in [0.05, 0.1) is 0 Å². The fraction of sp³-hybridized carbons (Fsp3) is 0.714. The molecular formula is C7H12O3. The van der Waals surface area contributed by atoms with E-state index in [4.69, 9.17) is 0 Å². The van der Waals surface area contributed by atoms with E-state index in [-0.39, 0.29) is 5.78 Å². The second kappa shape index (κ2) is 4.04. The van der Waals surface area contributed by atoms with Gasteiger partial charge in [0.2, 0.25) is 0 Å². The third-order valence-corrected chi connectivity index (χ3v) is 1.13. The van der Waals surface area contributed by atoms with Crippen molar-refractivity contribution in [2.45, 2.75) is 33.3 Å². The summed E-state index contributed by atoms with van der Waals surface area (Å²) in [5.74, 6) is -0.500. The highest BCUT2D eigenvalue weighted by molar-refractivity contribution is 5.82. The Morgan fingerprint density at radius 2 is 1.90 bits per heavy atom. The molecule has 0 aromatic rings. The van der Waals surface area contributed by atoms with Crippen LogP contribution in [-0.4, -0.2) is 17.9 Å². The second-order valence-corrected chi connectivity index (χ2v) is 2.12. The Labute approximate surface area is 60.4 Å². The Morgan fingerprint density at radius 1 is 1.40 bits per heavy atom. The van der Waals surface area contributed by atoms with Crippen molar-refractivity contribution in [1.29, 1.82) is 0 Å². The van der Waals surface area contributed by atoms with Crippen LogP contribution in [0.1, 0.15) is 27.2 Å². The van der Waals surface area contributed by atoms with E-state index < -0.39 is 12.1 Å². The number of Topliss-reactive ketones (excluding diaryl/α,β-unsaturated/α-hetero) is 1. The van der Waals surface area contributed by atoms with Crippen molar-refractivity contribution in [1.82, 2.24) is 0 Å². The van der Waals surface area contributed by atoms with Crippen molar-refractivity contribution in [2.75, 3.05) is 0 Å². The Bertz CT molecular complexity index is 140. The third-order valence-electron chi connectivity index (χ3n) is 1.13. The lowest BCUT2D eigenvalue weighted by atomic mass is 10.2. The van der Waals surface area contributed by atoms with Gasteiger partial charge in [-0.1, -0.05) is 6.92 Å². The van der Waals surface area contributed by atoms with Crippen LogP contribution in [0.25, 0.3) is 0 Å². The second-order valence-electron chi connectivity index (χ2n) is 2.12. The zero-order valence-electron chi connectivity index (χ0n) is 6.51. The van der Waals surface area contributed by atoms with E-state index in [1.54, 1.807) is 6.92 Å². The number of ketones is 1. The number of ether oxygens (including phenoxy) is 1. The van der Waals surface area contributed by atoms with Gasteiger partial charge in [0.15, 0.2) is 11.9 Å². The smallest absolute Gasteiger partial charge is 0.303 e. The van der Waals surface area contributed by atoms with Gasteiger partial charge in [0.1, 0.15) is 0 Å². The predicted octanol–water partition coefficient (Wildman–Crippen LogP) is 0.917. The van der Waals surface area contributed by atoms with Gasteiger partial charge >= 0.3 is 5.97 Å². The van der Waals surface area contributed by atoms with E-state index in [1.165, 1.54) is 13.8 Å². The Hall–Kier alpha value is -0.860. The van der Waals surface area contributed by atoms with Crippen molar-refractivity contribution in [3.63, 3.8) is 0 Å². The topological polar surface area (TPSA) is 43.4 Å². The van der Waals surface area contributed by atoms with Crippen LogP contribution in [0.2, 0.25) is 0 Å². The molecule has 0 N–H and O–H groups in total. The highest BCUT2D eigenvalue weighted by atomic mass is 16.5. The molecule has 58 valence electrons. The molecule has 0 amide bonds. The molecule has 0 saturated heterocycles. The maximum absolute atomic E-state index is 10.6. The molecule has 0 heterocycles. The number of rotatable bonds is 3. The zero-order valence-corrected chi connectivity index (χ0v) is 6.51. The first-order chi connectivity index (χ1) is 4.57. The minimum atomic E-state index is -0.544. The van der Waals surface area contributed by atoms with E-state index in [0.717, 1.165) is 0 Å². The van der Waals surface area contributed by atoms with Crippen LogP contribution >= 0.6 is 0 Å². The van der Waals surface area contributed by atoms with E-state index in [9.17, 15) is 9.59 Å². The first-order valence-electron chi connectivity index (χ1n) is 3.25. The molecule has 0 bridgehead atoms. The standard InChI is InChI=1S/C7H12O3/c1-4-7(5(2)8)10-6(3)9/h7H,4H2,1-3H3/t7-/m1/s1. The summed E-state index contributed by atoms with van der Waals surface area (Å²) in [4.78, 5) is 21.0. The van der Waals surface area contributed by atoms with Crippen LogP contribution in [0, 0.1) is 0 Å². The fourth-order valence-corrected chi connectivity index (χ4v) is 0.654. The number of hydrogen-bond donors (Lipinski definition) is 0. The Balaban J connectivity index is 3.83. The predicted molar refractivity (Wildman–Crippen MR) is 36.5 cm³/mol. The van der Waals surface area contributed by atoms with Crippen LogP contribution in [0.15, 0.2) is 0 Å². The van der Waals surface area contributed by atoms with Gasteiger partial charge in [-0.05, 0) is 13.3 Å². The molecule has 3 nitrogen and oxygen atoms in total. The highest BCUT2D eigenvalue weighted by Gasteiger charge is 2.13. The summed E-state index contributed by atoms with van der Waals surface area (Å²) < 4.78 is 4.67. The van der Waals surface area contributed by atoms with Gasteiger partial charge in [-0.25, -0.2) is 0 Å². The van der Waals surface area contributed by atoms with Gasteiger partial charge in [-0.2, -0.15) is 0 Å². The number of carbonyl (C=O) groups excluding carboxylic acids is 2. The molecule has 10 heavy (non-hydrogen) atoms. The highest BCUT2D eigenvalue weighted by Crippen LogP contribution is 1.98. The molecule has 0 aliphatic heterocycles. The molecular weight excluding hydrogens is 132 g/mol. The van der Waals surface area contributed by atoms with Crippen molar-refractivity contribution >= 4 is 11.8 Å². The molecule has 0 aromatic carbocycles. The maximum Gasteiger partial charge on any atom is 0.303 e. The molecule has 0 aliphatic carbocycles. The van der Waals surface area contributed by atoms with Crippen molar-refractivity contribution in [3.8, 4) is 0 Å². The lowest BCUT2D eigenvalue weighted by Crippen LogP contribution is -2.22. The first-order valence-corrected chi connectivity index (χ1v) is 3.25. The Kier molecular flexibility index (Phi) is 3.69. The van der Waals surface area contributed by atoms with E-state index in [1.807, 2.05) is 0 Å². The molecule has 0 rings (SSSR count). The molecule has 0 aliphatic rings. The number of hydrogen-bond acceptors (Lipinski definition) is 3. The molecule has 0 fully saturated rings. The molecule has 1 atom stereocenters. The molecule has 0 aromatic heterocycles. The summed E-state index contributed by atoms with van der Waals surface area (Å²) in [6.07, 6.45) is 0.00653. The van der Waals surface area contributed by atoms with Crippen molar-refractivity contribution < 1.29 is 14.3 Å².